The maximum atomic E-state index is 12.2. The number of nitrogens with zero attached hydrogens (tertiary/aromatic N) is 1. The van der Waals surface area contributed by atoms with Crippen molar-refractivity contribution in [3.63, 3.8) is 0 Å². The van der Waals surface area contributed by atoms with E-state index in [1.54, 1.807) is 11.8 Å². The van der Waals surface area contributed by atoms with E-state index in [9.17, 15) is 13.2 Å². The average Bonchev–Trinajstić information content (AvgIpc) is 2.83. The van der Waals surface area contributed by atoms with Crippen molar-refractivity contribution in [1.82, 2.24) is 4.90 Å². The van der Waals surface area contributed by atoms with E-state index in [1.807, 2.05) is 0 Å². The van der Waals surface area contributed by atoms with E-state index < -0.39 is 10.0 Å². The number of sulfonamides is 1. The molecular formula is C12H15ClN2O3S. The zero-order valence-electron chi connectivity index (χ0n) is 10.5. The normalized spacial score (nSPS) is 15.8. The fraction of sp³-hybridized carbons (Fsp3) is 0.417. The highest BCUT2D eigenvalue weighted by atomic mass is 35.5. The van der Waals surface area contributed by atoms with E-state index in [0.717, 1.165) is 12.8 Å². The topological polar surface area (TPSA) is 80.5 Å². The van der Waals surface area contributed by atoms with Gasteiger partial charge in [0.05, 0.1) is 4.90 Å². The quantitative estimate of drug-likeness (QED) is 0.899. The van der Waals surface area contributed by atoms with Gasteiger partial charge in [0.2, 0.25) is 10.0 Å². The third kappa shape index (κ3) is 2.91. The highest BCUT2D eigenvalue weighted by molar-refractivity contribution is 7.89. The molecule has 5 nitrogen and oxygen atoms in total. The molecule has 1 heterocycles. The van der Waals surface area contributed by atoms with Gasteiger partial charge in [-0.25, -0.2) is 13.6 Å². The molecule has 0 radical (unpaired) electrons. The van der Waals surface area contributed by atoms with E-state index in [1.165, 1.54) is 12.1 Å². The number of rotatable bonds is 2. The van der Waals surface area contributed by atoms with Gasteiger partial charge in [0.15, 0.2) is 0 Å². The van der Waals surface area contributed by atoms with Gasteiger partial charge in [0.25, 0.3) is 5.91 Å². The maximum absolute atomic E-state index is 12.2. The fourth-order valence-corrected chi connectivity index (χ4v) is 3.28. The summed E-state index contributed by atoms with van der Waals surface area (Å²) in [6.07, 6.45) is 1.93. The van der Waals surface area contributed by atoms with Crippen molar-refractivity contribution in [3.8, 4) is 0 Å². The van der Waals surface area contributed by atoms with E-state index >= 15 is 0 Å². The van der Waals surface area contributed by atoms with E-state index in [-0.39, 0.29) is 21.4 Å². The predicted octanol–water partition coefficient (Wildman–Crippen LogP) is 1.53. The second kappa shape index (κ2) is 5.11. The lowest BCUT2D eigenvalue weighted by Gasteiger charge is -2.16. The molecule has 7 heteroatoms. The molecule has 0 atom stereocenters. The third-order valence-electron chi connectivity index (χ3n) is 3.24. The van der Waals surface area contributed by atoms with Crippen LogP contribution in [0.4, 0.5) is 0 Å². The second-order valence-electron chi connectivity index (χ2n) is 4.63. The molecule has 1 aliphatic heterocycles. The molecule has 1 aromatic rings. The number of benzene rings is 1. The van der Waals surface area contributed by atoms with Crippen molar-refractivity contribution in [1.29, 1.82) is 0 Å². The van der Waals surface area contributed by atoms with Gasteiger partial charge in [-0.3, -0.25) is 4.79 Å². The summed E-state index contributed by atoms with van der Waals surface area (Å²) < 4.78 is 23.0. The van der Waals surface area contributed by atoms with Crippen molar-refractivity contribution in [2.24, 2.45) is 5.14 Å². The van der Waals surface area contributed by atoms with Crippen LogP contribution in [0.1, 0.15) is 28.8 Å². The summed E-state index contributed by atoms with van der Waals surface area (Å²) >= 11 is 5.99. The van der Waals surface area contributed by atoms with Gasteiger partial charge in [-0.05, 0) is 37.5 Å². The monoisotopic (exact) mass is 302 g/mol. The Morgan fingerprint density at radius 3 is 2.42 bits per heavy atom. The number of amides is 1. The van der Waals surface area contributed by atoms with Crippen LogP contribution < -0.4 is 5.14 Å². The Balaban J connectivity index is 2.48. The smallest absolute Gasteiger partial charge is 0.253 e. The van der Waals surface area contributed by atoms with Gasteiger partial charge in [0, 0.05) is 23.7 Å². The van der Waals surface area contributed by atoms with Crippen LogP contribution in [0.25, 0.3) is 0 Å². The molecule has 0 aromatic heterocycles. The van der Waals surface area contributed by atoms with Crippen LogP contribution in [-0.4, -0.2) is 32.3 Å². The summed E-state index contributed by atoms with van der Waals surface area (Å²) in [5, 5.41) is 5.37. The van der Waals surface area contributed by atoms with Crippen molar-refractivity contribution in [3.05, 3.63) is 28.3 Å². The summed E-state index contributed by atoms with van der Waals surface area (Å²) in [4.78, 5) is 13.8. The zero-order chi connectivity index (χ0) is 14.2. The minimum absolute atomic E-state index is 0.0949. The Morgan fingerprint density at radius 1 is 1.32 bits per heavy atom. The number of carbonyl (C=O) groups is 1. The van der Waals surface area contributed by atoms with Crippen LogP contribution in [-0.2, 0) is 10.0 Å². The first-order chi connectivity index (χ1) is 8.80. The highest BCUT2D eigenvalue weighted by Gasteiger charge is 2.23. The minimum Gasteiger partial charge on any atom is -0.339 e. The average molecular weight is 303 g/mol. The molecular weight excluding hydrogens is 288 g/mol. The summed E-state index contributed by atoms with van der Waals surface area (Å²) in [6, 6.07) is 2.80. The molecule has 1 fully saturated rings. The summed E-state index contributed by atoms with van der Waals surface area (Å²) in [5.74, 6) is -0.204. The zero-order valence-corrected chi connectivity index (χ0v) is 12.1. The number of primary sulfonamides is 1. The number of halogens is 1. The molecule has 0 unspecified atom stereocenters. The first kappa shape index (κ1) is 14.3. The van der Waals surface area contributed by atoms with Crippen LogP contribution in [0.3, 0.4) is 0 Å². The van der Waals surface area contributed by atoms with Crippen LogP contribution in [0.5, 0.6) is 0 Å². The van der Waals surface area contributed by atoms with Crippen LogP contribution in [0.15, 0.2) is 17.0 Å². The van der Waals surface area contributed by atoms with E-state index in [4.69, 9.17) is 16.7 Å². The van der Waals surface area contributed by atoms with Crippen molar-refractivity contribution in [2.75, 3.05) is 13.1 Å². The van der Waals surface area contributed by atoms with Crippen LogP contribution in [0, 0.1) is 6.92 Å². The van der Waals surface area contributed by atoms with Crippen molar-refractivity contribution >= 4 is 27.5 Å². The van der Waals surface area contributed by atoms with Gasteiger partial charge < -0.3 is 4.90 Å². The second-order valence-corrected chi connectivity index (χ2v) is 6.56. The maximum Gasteiger partial charge on any atom is 0.253 e. The Bertz CT molecular complexity index is 622. The molecule has 2 N–H and O–H groups in total. The number of hydrogen-bond donors (Lipinski definition) is 1. The minimum atomic E-state index is -3.89. The summed E-state index contributed by atoms with van der Waals surface area (Å²) in [6.45, 7) is 2.94. The van der Waals surface area contributed by atoms with Crippen molar-refractivity contribution < 1.29 is 13.2 Å². The molecule has 0 spiro atoms. The molecule has 1 aliphatic rings. The summed E-state index contributed by atoms with van der Waals surface area (Å²) in [7, 11) is -3.89. The van der Waals surface area contributed by atoms with Crippen molar-refractivity contribution in [2.45, 2.75) is 24.7 Å². The predicted molar refractivity (Wildman–Crippen MR) is 72.7 cm³/mol. The molecule has 0 aliphatic carbocycles. The fourth-order valence-electron chi connectivity index (χ4n) is 2.18. The Hall–Kier alpha value is -1.11. The SMILES string of the molecule is Cc1c(Cl)cc(C(=O)N2CCCC2)cc1S(N)(=O)=O. The number of nitrogens with two attached hydrogens (primary N) is 1. The Kier molecular flexibility index (Phi) is 3.85. The first-order valence-electron chi connectivity index (χ1n) is 5.93. The number of hydrogen-bond acceptors (Lipinski definition) is 3. The molecule has 2 rings (SSSR count). The summed E-state index contributed by atoms with van der Waals surface area (Å²) in [5.41, 5.74) is 0.628. The Labute approximate surface area is 117 Å². The lowest BCUT2D eigenvalue weighted by molar-refractivity contribution is 0.0792. The number of likely N-dealkylation sites (tertiary alicyclic amines) is 1. The molecule has 0 bridgehead atoms. The van der Waals surface area contributed by atoms with Gasteiger partial charge in [-0.1, -0.05) is 11.6 Å². The molecule has 19 heavy (non-hydrogen) atoms. The van der Waals surface area contributed by atoms with Gasteiger partial charge in [0.1, 0.15) is 0 Å². The molecule has 1 amide bonds. The van der Waals surface area contributed by atoms with Crippen LogP contribution in [0.2, 0.25) is 5.02 Å². The van der Waals surface area contributed by atoms with E-state index in [2.05, 4.69) is 0 Å². The van der Waals surface area contributed by atoms with E-state index in [0.29, 0.717) is 18.7 Å². The van der Waals surface area contributed by atoms with Gasteiger partial charge in [-0.2, -0.15) is 0 Å². The Morgan fingerprint density at radius 2 is 1.89 bits per heavy atom. The van der Waals surface area contributed by atoms with Crippen LogP contribution >= 0.6 is 11.6 Å². The highest BCUT2D eigenvalue weighted by Crippen LogP contribution is 2.26. The molecule has 104 valence electrons. The lowest BCUT2D eigenvalue weighted by atomic mass is 10.1. The number of carbonyl (C=O) groups excluding carboxylic acids is 1. The first-order valence-corrected chi connectivity index (χ1v) is 7.85. The van der Waals surface area contributed by atoms with Gasteiger partial charge >= 0.3 is 0 Å². The van der Waals surface area contributed by atoms with Gasteiger partial charge in [-0.15, -0.1) is 0 Å². The largest absolute Gasteiger partial charge is 0.339 e. The third-order valence-corrected chi connectivity index (χ3v) is 4.67. The molecule has 1 saturated heterocycles. The standard InChI is InChI=1S/C12H15ClN2O3S/c1-8-10(13)6-9(7-11(8)19(14,17)18)12(16)15-4-2-3-5-15/h6-7H,2-5H2,1H3,(H2,14,17,18). The molecule has 1 aromatic carbocycles. The molecule has 0 saturated carbocycles. The lowest BCUT2D eigenvalue weighted by Crippen LogP contribution is -2.28.